The van der Waals surface area contributed by atoms with Gasteiger partial charge in [0.05, 0.1) is 23.1 Å². The van der Waals surface area contributed by atoms with Gasteiger partial charge in [-0.2, -0.15) is 5.10 Å². The van der Waals surface area contributed by atoms with Crippen molar-refractivity contribution in [3.8, 4) is 5.69 Å². The molecule has 0 radical (unpaired) electrons. The molecular formula is C14H13N5O. The summed E-state index contributed by atoms with van der Waals surface area (Å²) in [5, 5.41) is 12.0. The van der Waals surface area contributed by atoms with Gasteiger partial charge in [-0.05, 0) is 19.1 Å². The molecule has 0 spiro atoms. The highest BCUT2D eigenvalue weighted by Gasteiger charge is 2.20. The molecule has 3 rings (SSSR count). The zero-order valence-corrected chi connectivity index (χ0v) is 11.2. The van der Waals surface area contributed by atoms with E-state index in [1.807, 2.05) is 37.3 Å². The number of carbonyl (C=O) groups excluding carboxylic acids is 1. The lowest BCUT2D eigenvalue weighted by atomic mass is 10.1. The molecule has 0 fully saturated rings. The maximum absolute atomic E-state index is 12.6. The van der Waals surface area contributed by atoms with Gasteiger partial charge < -0.3 is 0 Å². The van der Waals surface area contributed by atoms with Gasteiger partial charge >= 0.3 is 0 Å². The summed E-state index contributed by atoms with van der Waals surface area (Å²) >= 11 is 0. The van der Waals surface area contributed by atoms with Gasteiger partial charge in [-0.25, -0.2) is 4.68 Å². The van der Waals surface area contributed by atoms with Crippen LogP contribution in [0, 0.1) is 6.92 Å². The maximum atomic E-state index is 12.6. The first kappa shape index (κ1) is 12.3. The summed E-state index contributed by atoms with van der Waals surface area (Å²) in [4.78, 5) is 12.6. The van der Waals surface area contributed by atoms with Crippen LogP contribution in [0.25, 0.3) is 5.69 Å². The quantitative estimate of drug-likeness (QED) is 0.675. The van der Waals surface area contributed by atoms with Crippen LogP contribution in [0.4, 0.5) is 0 Å². The molecule has 0 aliphatic rings. The molecule has 3 aromatic rings. The third-order valence-corrected chi connectivity index (χ3v) is 3.04. The van der Waals surface area contributed by atoms with Crippen molar-refractivity contribution < 1.29 is 4.79 Å². The number of carbonyl (C=O) groups is 1. The Bertz CT molecular complexity index is 757. The summed E-state index contributed by atoms with van der Waals surface area (Å²) in [5.74, 6) is -0.135. The van der Waals surface area contributed by atoms with E-state index in [-0.39, 0.29) is 5.78 Å². The number of ketones is 1. The van der Waals surface area contributed by atoms with Crippen LogP contribution in [0.1, 0.15) is 21.7 Å². The zero-order chi connectivity index (χ0) is 14.1. The van der Waals surface area contributed by atoms with Crippen LogP contribution in [0.15, 0.2) is 42.7 Å². The third-order valence-electron chi connectivity index (χ3n) is 3.04. The third kappa shape index (κ3) is 2.01. The summed E-state index contributed by atoms with van der Waals surface area (Å²) in [6, 6.07) is 9.44. The van der Waals surface area contributed by atoms with Crippen molar-refractivity contribution in [2.75, 3.05) is 0 Å². The van der Waals surface area contributed by atoms with E-state index in [2.05, 4.69) is 15.4 Å². The lowest BCUT2D eigenvalue weighted by molar-refractivity contribution is 0.103. The largest absolute Gasteiger partial charge is 0.287 e. The van der Waals surface area contributed by atoms with Gasteiger partial charge in [-0.15, -0.1) is 5.10 Å². The molecule has 0 amide bonds. The van der Waals surface area contributed by atoms with E-state index < -0.39 is 0 Å². The lowest BCUT2D eigenvalue weighted by Crippen LogP contribution is -2.10. The predicted molar refractivity (Wildman–Crippen MR) is 72.7 cm³/mol. The number of rotatable bonds is 3. The fourth-order valence-electron chi connectivity index (χ4n) is 2.11. The molecule has 0 saturated carbocycles. The smallest absolute Gasteiger partial charge is 0.216 e. The Morgan fingerprint density at radius 1 is 1.20 bits per heavy atom. The highest BCUT2D eigenvalue weighted by molar-refractivity contribution is 6.08. The summed E-state index contributed by atoms with van der Waals surface area (Å²) < 4.78 is 3.16. The topological polar surface area (TPSA) is 65.6 Å². The minimum atomic E-state index is -0.135. The fourth-order valence-corrected chi connectivity index (χ4v) is 2.11. The van der Waals surface area contributed by atoms with Crippen molar-refractivity contribution in [3.05, 3.63) is 59.7 Å². The summed E-state index contributed by atoms with van der Waals surface area (Å²) in [6.07, 6.45) is 3.18. The Morgan fingerprint density at radius 2 is 1.95 bits per heavy atom. The second-order valence-electron chi connectivity index (χ2n) is 4.50. The average Bonchev–Trinajstić information content (AvgIpc) is 3.05. The number of benzene rings is 1. The minimum Gasteiger partial charge on any atom is -0.287 e. The molecule has 6 heteroatoms. The second-order valence-corrected chi connectivity index (χ2v) is 4.50. The Balaban J connectivity index is 2.06. The Labute approximate surface area is 115 Å². The molecule has 0 atom stereocenters. The summed E-state index contributed by atoms with van der Waals surface area (Å²) in [6.45, 7) is 1.81. The molecule has 100 valence electrons. The van der Waals surface area contributed by atoms with Gasteiger partial charge in [0, 0.05) is 13.2 Å². The molecule has 2 heterocycles. The first-order chi connectivity index (χ1) is 9.66. The number of hydrogen-bond acceptors (Lipinski definition) is 4. The van der Waals surface area contributed by atoms with E-state index in [0.29, 0.717) is 17.0 Å². The van der Waals surface area contributed by atoms with E-state index in [1.165, 1.54) is 10.9 Å². The van der Waals surface area contributed by atoms with Crippen molar-refractivity contribution in [2.45, 2.75) is 6.92 Å². The molecule has 6 nitrogen and oxygen atoms in total. The summed E-state index contributed by atoms with van der Waals surface area (Å²) in [5.41, 5.74) is 2.48. The highest BCUT2D eigenvalue weighted by Crippen LogP contribution is 2.15. The fraction of sp³-hybridized carbons (Fsp3) is 0.143. The summed E-state index contributed by atoms with van der Waals surface area (Å²) in [7, 11) is 1.79. The van der Waals surface area contributed by atoms with E-state index >= 15 is 0 Å². The zero-order valence-electron chi connectivity index (χ0n) is 11.2. The van der Waals surface area contributed by atoms with Gasteiger partial charge in [0.15, 0.2) is 0 Å². The molecule has 0 saturated heterocycles. The number of aromatic nitrogens is 5. The molecule has 0 N–H and O–H groups in total. The Hall–Kier alpha value is -2.76. The van der Waals surface area contributed by atoms with E-state index in [0.717, 1.165) is 5.69 Å². The van der Waals surface area contributed by atoms with Crippen molar-refractivity contribution in [3.63, 3.8) is 0 Å². The number of hydrogen-bond donors (Lipinski definition) is 0. The Kier molecular flexibility index (Phi) is 2.90. The molecule has 0 bridgehead atoms. The molecule has 0 aliphatic carbocycles. The SMILES string of the molecule is Cc1nn(C)cc1C(=O)c1cnnn1-c1ccccc1. The van der Waals surface area contributed by atoms with Crippen LogP contribution < -0.4 is 0 Å². The monoisotopic (exact) mass is 267 g/mol. The van der Waals surface area contributed by atoms with Crippen LogP contribution in [-0.2, 0) is 7.05 Å². The molecule has 1 aromatic carbocycles. The van der Waals surface area contributed by atoms with Crippen LogP contribution in [-0.4, -0.2) is 30.6 Å². The van der Waals surface area contributed by atoms with Gasteiger partial charge in [0.2, 0.25) is 5.78 Å². The van der Waals surface area contributed by atoms with Crippen LogP contribution >= 0.6 is 0 Å². The van der Waals surface area contributed by atoms with Gasteiger partial charge in [0.25, 0.3) is 0 Å². The van der Waals surface area contributed by atoms with Gasteiger partial charge in [-0.1, -0.05) is 23.4 Å². The van der Waals surface area contributed by atoms with E-state index in [4.69, 9.17) is 0 Å². The Morgan fingerprint density at radius 3 is 2.60 bits per heavy atom. The number of nitrogens with zero attached hydrogens (tertiary/aromatic N) is 5. The van der Waals surface area contributed by atoms with Crippen molar-refractivity contribution in [2.24, 2.45) is 7.05 Å². The molecule has 0 aliphatic heterocycles. The molecule has 2 aromatic heterocycles. The van der Waals surface area contributed by atoms with Crippen molar-refractivity contribution in [1.29, 1.82) is 0 Å². The molecule has 0 unspecified atom stereocenters. The maximum Gasteiger partial charge on any atom is 0.216 e. The normalized spacial score (nSPS) is 10.7. The van der Waals surface area contributed by atoms with Gasteiger partial charge in [0.1, 0.15) is 5.69 Å². The van der Waals surface area contributed by atoms with E-state index in [1.54, 1.807) is 17.9 Å². The lowest BCUT2D eigenvalue weighted by Gasteiger charge is -2.04. The van der Waals surface area contributed by atoms with Gasteiger partial charge in [-0.3, -0.25) is 9.48 Å². The predicted octanol–water partition coefficient (Wildman–Crippen LogP) is 1.54. The number of para-hydroxylation sites is 1. The van der Waals surface area contributed by atoms with Crippen molar-refractivity contribution in [1.82, 2.24) is 24.8 Å². The minimum absolute atomic E-state index is 0.135. The van der Waals surface area contributed by atoms with Crippen LogP contribution in [0.2, 0.25) is 0 Å². The average molecular weight is 267 g/mol. The standard InChI is InChI=1S/C14H13N5O/c1-10-12(9-18(2)16-10)14(20)13-8-15-17-19(13)11-6-4-3-5-7-11/h3-9H,1-2H3. The first-order valence-corrected chi connectivity index (χ1v) is 6.18. The van der Waals surface area contributed by atoms with Crippen molar-refractivity contribution >= 4 is 5.78 Å². The highest BCUT2D eigenvalue weighted by atomic mass is 16.1. The first-order valence-electron chi connectivity index (χ1n) is 6.18. The molecule has 20 heavy (non-hydrogen) atoms. The van der Waals surface area contributed by atoms with Crippen LogP contribution in [0.3, 0.4) is 0 Å². The molecular weight excluding hydrogens is 254 g/mol. The van der Waals surface area contributed by atoms with Crippen LogP contribution in [0.5, 0.6) is 0 Å². The number of aryl methyl sites for hydroxylation is 2. The van der Waals surface area contributed by atoms with E-state index in [9.17, 15) is 4.79 Å². The second kappa shape index (κ2) is 4.73.